The van der Waals surface area contributed by atoms with Crippen LogP contribution in [-0.4, -0.2) is 49.6 Å². The largest absolute Gasteiger partial charge is 0.355 e. The molecule has 0 saturated carbocycles. The first kappa shape index (κ1) is 13.8. The number of carbonyl (C=O) groups is 1. The van der Waals surface area contributed by atoms with Crippen molar-refractivity contribution < 1.29 is 4.79 Å². The van der Waals surface area contributed by atoms with Crippen LogP contribution in [0.3, 0.4) is 0 Å². The molecule has 4 heteroatoms. The summed E-state index contributed by atoms with van der Waals surface area (Å²) in [6.07, 6.45) is 5.72. The van der Waals surface area contributed by atoms with E-state index >= 15 is 0 Å². The topological polar surface area (TPSA) is 44.4 Å². The van der Waals surface area contributed by atoms with Gasteiger partial charge in [-0.3, -0.25) is 9.69 Å². The van der Waals surface area contributed by atoms with Gasteiger partial charge < -0.3 is 10.6 Å². The van der Waals surface area contributed by atoms with E-state index in [1.807, 2.05) is 0 Å². The van der Waals surface area contributed by atoms with Gasteiger partial charge in [0, 0.05) is 19.0 Å². The van der Waals surface area contributed by atoms with E-state index in [1.54, 1.807) is 0 Å². The van der Waals surface area contributed by atoms with Gasteiger partial charge in [-0.25, -0.2) is 0 Å². The zero-order chi connectivity index (χ0) is 12.8. The lowest BCUT2D eigenvalue weighted by Crippen LogP contribution is -2.41. The SMILES string of the molecule is CC(CNC(=O)CC1CCCNC1)N1CCCC1. The molecule has 4 nitrogen and oxygen atoms in total. The summed E-state index contributed by atoms with van der Waals surface area (Å²) in [5.74, 6) is 0.774. The van der Waals surface area contributed by atoms with Gasteiger partial charge in [0.1, 0.15) is 0 Å². The Balaban J connectivity index is 1.61. The van der Waals surface area contributed by atoms with E-state index in [1.165, 1.54) is 38.8 Å². The van der Waals surface area contributed by atoms with Crippen LogP contribution in [-0.2, 0) is 4.79 Å². The fourth-order valence-corrected chi connectivity index (χ4v) is 3.01. The van der Waals surface area contributed by atoms with Gasteiger partial charge in [0.2, 0.25) is 5.91 Å². The average molecular weight is 253 g/mol. The Kier molecular flexibility index (Phi) is 5.45. The van der Waals surface area contributed by atoms with Crippen molar-refractivity contribution in [1.82, 2.24) is 15.5 Å². The molecule has 0 aromatic carbocycles. The highest BCUT2D eigenvalue weighted by molar-refractivity contribution is 5.76. The molecule has 18 heavy (non-hydrogen) atoms. The molecule has 104 valence electrons. The molecule has 2 atom stereocenters. The van der Waals surface area contributed by atoms with Crippen LogP contribution in [0.25, 0.3) is 0 Å². The van der Waals surface area contributed by atoms with Crippen molar-refractivity contribution >= 4 is 5.91 Å². The summed E-state index contributed by atoms with van der Waals surface area (Å²) >= 11 is 0. The normalized spacial score (nSPS) is 27.1. The predicted octanol–water partition coefficient (Wildman–Crippen LogP) is 0.977. The van der Waals surface area contributed by atoms with E-state index in [0.717, 1.165) is 19.6 Å². The Morgan fingerprint density at radius 3 is 2.83 bits per heavy atom. The Morgan fingerprint density at radius 1 is 1.39 bits per heavy atom. The quantitative estimate of drug-likeness (QED) is 0.767. The number of piperidine rings is 1. The Morgan fingerprint density at radius 2 is 2.17 bits per heavy atom. The summed E-state index contributed by atoms with van der Waals surface area (Å²) in [7, 11) is 0. The maximum Gasteiger partial charge on any atom is 0.220 e. The summed E-state index contributed by atoms with van der Waals surface area (Å²) in [4.78, 5) is 14.3. The second-order valence-corrected chi connectivity index (χ2v) is 5.81. The molecule has 2 heterocycles. The molecule has 2 N–H and O–H groups in total. The lowest BCUT2D eigenvalue weighted by atomic mass is 9.96. The zero-order valence-electron chi connectivity index (χ0n) is 11.6. The molecule has 2 aliphatic rings. The smallest absolute Gasteiger partial charge is 0.220 e. The highest BCUT2D eigenvalue weighted by Gasteiger charge is 2.20. The Hall–Kier alpha value is -0.610. The van der Waals surface area contributed by atoms with E-state index < -0.39 is 0 Å². The monoisotopic (exact) mass is 253 g/mol. The van der Waals surface area contributed by atoms with E-state index in [9.17, 15) is 4.79 Å². The highest BCUT2D eigenvalue weighted by atomic mass is 16.1. The van der Waals surface area contributed by atoms with E-state index in [0.29, 0.717) is 18.4 Å². The maximum atomic E-state index is 11.9. The van der Waals surface area contributed by atoms with Crippen molar-refractivity contribution in [3.05, 3.63) is 0 Å². The minimum absolute atomic E-state index is 0.231. The third-order valence-corrected chi connectivity index (χ3v) is 4.23. The van der Waals surface area contributed by atoms with E-state index in [2.05, 4.69) is 22.5 Å². The van der Waals surface area contributed by atoms with Gasteiger partial charge >= 0.3 is 0 Å². The summed E-state index contributed by atoms with van der Waals surface area (Å²) in [6.45, 7) is 7.54. The predicted molar refractivity (Wildman–Crippen MR) is 73.5 cm³/mol. The first-order valence-electron chi connectivity index (χ1n) is 7.47. The van der Waals surface area contributed by atoms with Crippen molar-refractivity contribution in [3.63, 3.8) is 0 Å². The Labute approximate surface area is 110 Å². The summed E-state index contributed by atoms with van der Waals surface area (Å²) in [5.41, 5.74) is 0. The molecule has 1 amide bonds. The standard InChI is InChI=1S/C14H27N3O/c1-12(17-7-2-3-8-17)10-16-14(18)9-13-5-4-6-15-11-13/h12-13,15H,2-11H2,1H3,(H,16,18). The maximum absolute atomic E-state index is 11.9. The molecular formula is C14H27N3O. The molecule has 2 saturated heterocycles. The van der Waals surface area contributed by atoms with Gasteiger partial charge in [0.15, 0.2) is 0 Å². The molecule has 0 aliphatic carbocycles. The summed E-state index contributed by atoms with van der Waals surface area (Å²) < 4.78 is 0. The molecular weight excluding hydrogens is 226 g/mol. The van der Waals surface area contributed by atoms with Gasteiger partial charge in [0.05, 0.1) is 0 Å². The second-order valence-electron chi connectivity index (χ2n) is 5.81. The van der Waals surface area contributed by atoms with E-state index in [-0.39, 0.29) is 5.91 Å². The minimum atomic E-state index is 0.231. The minimum Gasteiger partial charge on any atom is -0.355 e. The lowest BCUT2D eigenvalue weighted by Gasteiger charge is -2.25. The molecule has 0 radical (unpaired) electrons. The van der Waals surface area contributed by atoms with Crippen molar-refractivity contribution in [2.24, 2.45) is 5.92 Å². The summed E-state index contributed by atoms with van der Waals surface area (Å²) in [6, 6.07) is 0.487. The number of hydrogen-bond acceptors (Lipinski definition) is 3. The average Bonchev–Trinajstić information content (AvgIpc) is 2.91. The molecule has 0 bridgehead atoms. The number of rotatable bonds is 5. The number of nitrogens with one attached hydrogen (secondary N) is 2. The van der Waals surface area contributed by atoms with Gasteiger partial charge in [-0.15, -0.1) is 0 Å². The van der Waals surface area contributed by atoms with Crippen molar-refractivity contribution in [2.45, 2.75) is 45.1 Å². The fourth-order valence-electron chi connectivity index (χ4n) is 3.01. The number of carbonyl (C=O) groups excluding carboxylic acids is 1. The van der Waals surface area contributed by atoms with Gasteiger partial charge in [-0.05, 0) is 64.7 Å². The van der Waals surface area contributed by atoms with Crippen LogP contribution in [0.2, 0.25) is 0 Å². The van der Waals surface area contributed by atoms with Crippen molar-refractivity contribution in [2.75, 3.05) is 32.7 Å². The van der Waals surface area contributed by atoms with Gasteiger partial charge in [-0.2, -0.15) is 0 Å². The van der Waals surface area contributed by atoms with Crippen LogP contribution in [0.5, 0.6) is 0 Å². The molecule has 0 aromatic heterocycles. The van der Waals surface area contributed by atoms with Crippen LogP contribution in [0.15, 0.2) is 0 Å². The molecule has 2 unspecified atom stereocenters. The number of amides is 1. The molecule has 0 aromatic rings. The fraction of sp³-hybridized carbons (Fsp3) is 0.929. The molecule has 2 fully saturated rings. The van der Waals surface area contributed by atoms with Crippen LogP contribution >= 0.6 is 0 Å². The molecule has 2 rings (SSSR count). The van der Waals surface area contributed by atoms with Gasteiger partial charge in [-0.1, -0.05) is 0 Å². The van der Waals surface area contributed by atoms with Crippen LogP contribution in [0.1, 0.15) is 39.0 Å². The van der Waals surface area contributed by atoms with Gasteiger partial charge in [0.25, 0.3) is 0 Å². The summed E-state index contributed by atoms with van der Waals surface area (Å²) in [5, 5.41) is 6.46. The van der Waals surface area contributed by atoms with Crippen molar-refractivity contribution in [1.29, 1.82) is 0 Å². The first-order valence-corrected chi connectivity index (χ1v) is 7.47. The first-order chi connectivity index (χ1) is 8.75. The third-order valence-electron chi connectivity index (χ3n) is 4.23. The molecule has 0 spiro atoms. The highest BCUT2D eigenvalue weighted by Crippen LogP contribution is 2.14. The van der Waals surface area contributed by atoms with Crippen LogP contribution < -0.4 is 10.6 Å². The third kappa shape index (κ3) is 4.25. The van der Waals surface area contributed by atoms with Crippen LogP contribution in [0.4, 0.5) is 0 Å². The Bertz CT molecular complexity index is 258. The van der Waals surface area contributed by atoms with Crippen LogP contribution in [0, 0.1) is 5.92 Å². The number of hydrogen-bond donors (Lipinski definition) is 2. The number of nitrogens with zero attached hydrogens (tertiary/aromatic N) is 1. The lowest BCUT2D eigenvalue weighted by molar-refractivity contribution is -0.122. The zero-order valence-corrected chi connectivity index (χ0v) is 11.6. The second kappa shape index (κ2) is 7.10. The molecule has 2 aliphatic heterocycles. The van der Waals surface area contributed by atoms with E-state index in [4.69, 9.17) is 0 Å². The number of likely N-dealkylation sites (tertiary alicyclic amines) is 1. The van der Waals surface area contributed by atoms with Crippen molar-refractivity contribution in [3.8, 4) is 0 Å².